The van der Waals surface area contributed by atoms with Crippen LogP contribution >= 0.6 is 0 Å². The number of carbonyl (C=O) groups excluding carboxylic acids is 2. The molecule has 1 spiro atoms. The lowest BCUT2D eigenvalue weighted by atomic mass is 9.74. The van der Waals surface area contributed by atoms with Gasteiger partial charge in [0.1, 0.15) is 0 Å². The monoisotopic (exact) mass is 281 g/mol. The summed E-state index contributed by atoms with van der Waals surface area (Å²) < 4.78 is 0. The zero-order valence-corrected chi connectivity index (χ0v) is 12.4. The van der Waals surface area contributed by atoms with Crippen molar-refractivity contribution in [2.45, 2.75) is 33.1 Å². The Balaban J connectivity index is 1.74. The number of hydrogen-bond donors (Lipinski definition) is 0. The summed E-state index contributed by atoms with van der Waals surface area (Å²) in [5.41, 5.74) is 2.57. The molecule has 1 aromatic rings. The Hall–Kier alpha value is -1.90. The summed E-state index contributed by atoms with van der Waals surface area (Å²) in [6, 6.07) is 5.82. The van der Waals surface area contributed by atoms with Crippen molar-refractivity contribution in [1.82, 2.24) is 0 Å². The number of rotatable bonds is 1. The number of imide groups is 1. The van der Waals surface area contributed by atoms with Crippen LogP contribution in [0, 0.1) is 31.1 Å². The number of benzene rings is 1. The van der Waals surface area contributed by atoms with Gasteiger partial charge in [0.15, 0.2) is 0 Å². The van der Waals surface area contributed by atoms with Gasteiger partial charge in [0.2, 0.25) is 11.8 Å². The Kier molecular flexibility index (Phi) is 2.48. The molecular formula is C18H19NO2. The Morgan fingerprint density at radius 1 is 1.14 bits per heavy atom. The van der Waals surface area contributed by atoms with Crippen LogP contribution in [0.1, 0.15) is 30.4 Å². The Morgan fingerprint density at radius 3 is 2.57 bits per heavy atom. The van der Waals surface area contributed by atoms with E-state index in [0.717, 1.165) is 24.1 Å². The molecule has 1 heterocycles. The van der Waals surface area contributed by atoms with E-state index in [1.807, 2.05) is 32.0 Å². The van der Waals surface area contributed by atoms with Crippen molar-refractivity contribution < 1.29 is 9.59 Å². The minimum atomic E-state index is -0.449. The summed E-state index contributed by atoms with van der Waals surface area (Å²) >= 11 is 0. The van der Waals surface area contributed by atoms with Gasteiger partial charge in [0.05, 0.1) is 11.1 Å². The van der Waals surface area contributed by atoms with Gasteiger partial charge < -0.3 is 0 Å². The van der Waals surface area contributed by atoms with Crippen molar-refractivity contribution in [1.29, 1.82) is 0 Å². The fourth-order valence-electron chi connectivity index (χ4n) is 4.29. The lowest BCUT2D eigenvalue weighted by Gasteiger charge is -2.28. The van der Waals surface area contributed by atoms with Crippen LogP contribution < -0.4 is 4.90 Å². The maximum atomic E-state index is 13.0. The summed E-state index contributed by atoms with van der Waals surface area (Å²) in [7, 11) is 0. The molecule has 0 radical (unpaired) electrons. The second kappa shape index (κ2) is 4.06. The summed E-state index contributed by atoms with van der Waals surface area (Å²) in [4.78, 5) is 26.9. The summed E-state index contributed by atoms with van der Waals surface area (Å²) in [5.74, 6) is 0.735. The molecule has 1 aliphatic heterocycles. The first-order chi connectivity index (χ1) is 10.0. The number of hydrogen-bond acceptors (Lipinski definition) is 2. The minimum Gasteiger partial charge on any atom is -0.274 e. The van der Waals surface area contributed by atoms with E-state index in [1.165, 1.54) is 10.5 Å². The highest BCUT2D eigenvalue weighted by Crippen LogP contribution is 2.57. The molecule has 108 valence electrons. The Labute approximate surface area is 124 Å². The summed E-state index contributed by atoms with van der Waals surface area (Å²) in [5, 5.41) is 0. The highest BCUT2D eigenvalue weighted by molar-refractivity contribution is 6.23. The van der Waals surface area contributed by atoms with E-state index in [2.05, 4.69) is 12.2 Å². The van der Waals surface area contributed by atoms with Crippen LogP contribution in [-0.2, 0) is 9.59 Å². The first-order valence-electron chi connectivity index (χ1n) is 7.64. The Bertz CT molecular complexity index is 690. The topological polar surface area (TPSA) is 37.4 Å². The number of aryl methyl sites for hydroxylation is 2. The largest absolute Gasteiger partial charge is 0.274 e. The number of amides is 2. The highest BCUT2D eigenvalue weighted by atomic mass is 16.2. The second-order valence-electron chi connectivity index (χ2n) is 6.83. The van der Waals surface area contributed by atoms with Gasteiger partial charge in [0.25, 0.3) is 0 Å². The van der Waals surface area contributed by atoms with E-state index >= 15 is 0 Å². The van der Waals surface area contributed by atoms with Crippen molar-refractivity contribution in [3.8, 4) is 0 Å². The molecule has 3 atom stereocenters. The molecular weight excluding hydrogens is 262 g/mol. The molecule has 3 heteroatoms. The maximum absolute atomic E-state index is 13.0. The van der Waals surface area contributed by atoms with Crippen molar-refractivity contribution in [2.24, 2.45) is 17.3 Å². The van der Waals surface area contributed by atoms with Crippen LogP contribution in [0.15, 0.2) is 30.4 Å². The number of allylic oxidation sites excluding steroid dienone is 2. The number of carbonyl (C=O) groups is 2. The normalized spacial score (nSPS) is 33.7. The van der Waals surface area contributed by atoms with Gasteiger partial charge in [-0.1, -0.05) is 18.2 Å². The minimum absolute atomic E-state index is 0.0209. The fourth-order valence-corrected chi connectivity index (χ4v) is 4.29. The predicted octanol–water partition coefficient (Wildman–Crippen LogP) is 3.15. The van der Waals surface area contributed by atoms with Crippen molar-refractivity contribution in [2.75, 3.05) is 4.90 Å². The average molecular weight is 281 g/mol. The van der Waals surface area contributed by atoms with Crippen LogP contribution in [-0.4, -0.2) is 11.8 Å². The second-order valence-corrected chi connectivity index (χ2v) is 6.83. The molecule has 2 aliphatic carbocycles. The van der Waals surface area contributed by atoms with E-state index in [9.17, 15) is 9.59 Å². The van der Waals surface area contributed by atoms with E-state index in [0.29, 0.717) is 12.3 Å². The molecule has 0 N–H and O–H groups in total. The summed E-state index contributed by atoms with van der Waals surface area (Å²) in [6.45, 7) is 4.05. The van der Waals surface area contributed by atoms with Gasteiger partial charge >= 0.3 is 0 Å². The molecule has 21 heavy (non-hydrogen) atoms. The molecule has 3 aliphatic rings. The van der Waals surface area contributed by atoms with Gasteiger partial charge in [-0.05, 0) is 61.8 Å². The zero-order chi connectivity index (χ0) is 14.8. The molecule has 1 saturated carbocycles. The Morgan fingerprint density at radius 2 is 1.95 bits per heavy atom. The first-order valence-corrected chi connectivity index (χ1v) is 7.64. The predicted molar refractivity (Wildman–Crippen MR) is 80.8 cm³/mol. The third-order valence-electron chi connectivity index (χ3n) is 5.60. The third kappa shape index (κ3) is 1.60. The number of fused-ring (bicyclic) bond motifs is 3. The van der Waals surface area contributed by atoms with E-state index in [-0.39, 0.29) is 17.7 Å². The lowest BCUT2D eigenvalue weighted by Crippen LogP contribution is -2.38. The lowest BCUT2D eigenvalue weighted by molar-refractivity contribution is -0.126. The molecule has 1 aromatic carbocycles. The van der Waals surface area contributed by atoms with Gasteiger partial charge in [-0.2, -0.15) is 0 Å². The number of anilines is 1. The zero-order valence-electron chi connectivity index (χ0n) is 12.4. The average Bonchev–Trinajstić information content (AvgIpc) is 3.09. The van der Waals surface area contributed by atoms with Crippen LogP contribution in [0.4, 0.5) is 5.69 Å². The molecule has 1 saturated heterocycles. The van der Waals surface area contributed by atoms with Gasteiger partial charge in [-0.3, -0.25) is 14.5 Å². The first kappa shape index (κ1) is 12.8. The van der Waals surface area contributed by atoms with Crippen LogP contribution in [0.2, 0.25) is 0 Å². The molecule has 2 bridgehead atoms. The smallest absolute Gasteiger partial charge is 0.241 e. The SMILES string of the molecule is Cc1ccc(N2C(=O)C[C@@]3(C[C@@H]4C=C[C@@H]3C4)C2=O)cc1C. The third-order valence-corrected chi connectivity index (χ3v) is 5.60. The standard InChI is InChI=1S/C18H19NO2/c1-11-3-6-15(7-12(11)2)19-16(20)10-18(17(19)21)9-13-4-5-14(18)8-13/h3-7,13-14H,8-10H2,1-2H3/t13-,14-,18-/m1/s1. The quantitative estimate of drug-likeness (QED) is 0.586. The molecule has 3 nitrogen and oxygen atoms in total. The molecule has 0 unspecified atom stereocenters. The van der Waals surface area contributed by atoms with E-state index in [4.69, 9.17) is 0 Å². The van der Waals surface area contributed by atoms with E-state index < -0.39 is 5.41 Å². The maximum Gasteiger partial charge on any atom is 0.241 e. The van der Waals surface area contributed by atoms with Crippen molar-refractivity contribution in [3.63, 3.8) is 0 Å². The van der Waals surface area contributed by atoms with Crippen molar-refractivity contribution in [3.05, 3.63) is 41.5 Å². The van der Waals surface area contributed by atoms with Crippen LogP contribution in [0.3, 0.4) is 0 Å². The number of nitrogens with zero attached hydrogens (tertiary/aromatic N) is 1. The highest BCUT2D eigenvalue weighted by Gasteiger charge is 2.60. The molecule has 4 rings (SSSR count). The van der Waals surface area contributed by atoms with Crippen molar-refractivity contribution >= 4 is 17.5 Å². The van der Waals surface area contributed by atoms with Crippen LogP contribution in [0.5, 0.6) is 0 Å². The fraction of sp³-hybridized carbons (Fsp3) is 0.444. The summed E-state index contributed by atoms with van der Waals surface area (Å²) in [6.07, 6.45) is 6.64. The van der Waals surface area contributed by atoms with E-state index in [1.54, 1.807) is 0 Å². The van der Waals surface area contributed by atoms with Crippen LogP contribution in [0.25, 0.3) is 0 Å². The van der Waals surface area contributed by atoms with Gasteiger partial charge in [0, 0.05) is 6.42 Å². The molecule has 0 aromatic heterocycles. The molecule has 2 amide bonds. The molecule has 2 fully saturated rings. The van der Waals surface area contributed by atoms with Gasteiger partial charge in [-0.25, -0.2) is 0 Å². The van der Waals surface area contributed by atoms with Gasteiger partial charge in [-0.15, -0.1) is 0 Å².